The second-order valence-corrected chi connectivity index (χ2v) is 2.17. The fourth-order valence-corrected chi connectivity index (χ4v) is 0.638. The van der Waals surface area contributed by atoms with Gasteiger partial charge in [0.2, 0.25) is 0 Å². The van der Waals surface area contributed by atoms with E-state index >= 15 is 0 Å². The van der Waals surface area contributed by atoms with Gasteiger partial charge in [0, 0.05) is 0 Å². The van der Waals surface area contributed by atoms with Gasteiger partial charge in [-0.15, -0.1) is 0 Å². The SMILES string of the molecule is COC(=O)CC(F)C1CO1. The summed E-state index contributed by atoms with van der Waals surface area (Å²) >= 11 is 0. The highest BCUT2D eigenvalue weighted by Gasteiger charge is 2.34. The molecule has 0 amide bonds. The lowest BCUT2D eigenvalue weighted by molar-refractivity contribution is -0.142. The van der Waals surface area contributed by atoms with Gasteiger partial charge >= 0.3 is 5.97 Å². The van der Waals surface area contributed by atoms with Crippen molar-refractivity contribution in [2.75, 3.05) is 13.7 Å². The smallest absolute Gasteiger partial charge is 0.308 e. The molecule has 1 aliphatic heterocycles. The van der Waals surface area contributed by atoms with Crippen molar-refractivity contribution in [3.63, 3.8) is 0 Å². The van der Waals surface area contributed by atoms with Crippen LogP contribution in [0.4, 0.5) is 4.39 Å². The number of carbonyl (C=O) groups is 1. The molecule has 0 aromatic rings. The van der Waals surface area contributed by atoms with E-state index in [1.54, 1.807) is 0 Å². The lowest BCUT2D eigenvalue weighted by Gasteiger charge is -2.00. The van der Waals surface area contributed by atoms with Crippen molar-refractivity contribution in [3.8, 4) is 0 Å². The molecule has 2 atom stereocenters. The van der Waals surface area contributed by atoms with Crippen molar-refractivity contribution in [2.24, 2.45) is 0 Å². The van der Waals surface area contributed by atoms with Crippen LogP contribution in [0.15, 0.2) is 0 Å². The minimum absolute atomic E-state index is 0.193. The Labute approximate surface area is 58.1 Å². The number of carbonyl (C=O) groups excluding carboxylic acids is 1. The minimum atomic E-state index is -1.19. The molecule has 0 saturated carbocycles. The van der Waals surface area contributed by atoms with Gasteiger partial charge in [-0.25, -0.2) is 4.39 Å². The molecule has 0 N–H and O–H groups in total. The number of hydrogen-bond donors (Lipinski definition) is 0. The van der Waals surface area contributed by atoms with Crippen molar-refractivity contribution >= 4 is 5.97 Å². The number of hydrogen-bond acceptors (Lipinski definition) is 3. The van der Waals surface area contributed by atoms with Crippen molar-refractivity contribution in [3.05, 3.63) is 0 Å². The van der Waals surface area contributed by atoms with Crippen molar-refractivity contribution in [1.29, 1.82) is 0 Å². The Morgan fingerprint density at radius 2 is 2.60 bits per heavy atom. The molecular weight excluding hydrogens is 139 g/mol. The highest BCUT2D eigenvalue weighted by molar-refractivity contribution is 5.69. The molecule has 1 fully saturated rings. The van der Waals surface area contributed by atoms with Gasteiger partial charge < -0.3 is 9.47 Å². The predicted octanol–water partition coefficient (Wildman–Crippen LogP) is 0.286. The highest BCUT2D eigenvalue weighted by atomic mass is 19.1. The standard InChI is InChI=1S/C6H9FO3/c1-9-6(8)2-4(7)5-3-10-5/h4-5H,2-3H2,1H3. The van der Waals surface area contributed by atoms with Crippen LogP contribution >= 0.6 is 0 Å². The van der Waals surface area contributed by atoms with E-state index in [-0.39, 0.29) is 12.5 Å². The first-order valence-corrected chi connectivity index (χ1v) is 3.06. The largest absolute Gasteiger partial charge is 0.469 e. The Morgan fingerprint density at radius 3 is 3.00 bits per heavy atom. The number of ether oxygens (including phenoxy) is 2. The summed E-state index contributed by atoms with van der Waals surface area (Å²) in [5, 5.41) is 0. The van der Waals surface area contributed by atoms with Crippen LogP contribution in [-0.2, 0) is 14.3 Å². The molecule has 4 heteroatoms. The quantitative estimate of drug-likeness (QED) is 0.426. The molecule has 1 aliphatic rings. The highest BCUT2D eigenvalue weighted by Crippen LogP contribution is 2.19. The average Bonchev–Trinajstić information content (AvgIpc) is 2.68. The molecule has 0 bridgehead atoms. The molecule has 2 unspecified atom stereocenters. The predicted molar refractivity (Wildman–Crippen MR) is 31.3 cm³/mol. The maximum atomic E-state index is 12.6. The maximum Gasteiger partial charge on any atom is 0.308 e. The first-order valence-electron chi connectivity index (χ1n) is 3.06. The molecular formula is C6H9FO3. The lowest BCUT2D eigenvalue weighted by atomic mass is 10.2. The summed E-state index contributed by atoms with van der Waals surface area (Å²) in [5.74, 6) is -0.525. The van der Waals surface area contributed by atoms with E-state index < -0.39 is 12.1 Å². The molecule has 58 valence electrons. The molecule has 1 rings (SSSR count). The number of methoxy groups -OCH3 is 1. The summed E-state index contributed by atoms with van der Waals surface area (Å²) < 4.78 is 21.5. The number of esters is 1. The Morgan fingerprint density at radius 1 is 2.00 bits per heavy atom. The second-order valence-electron chi connectivity index (χ2n) is 2.17. The fourth-order valence-electron chi connectivity index (χ4n) is 0.638. The summed E-state index contributed by atoms with van der Waals surface area (Å²) in [6, 6.07) is 0. The minimum Gasteiger partial charge on any atom is -0.469 e. The van der Waals surface area contributed by atoms with Crippen molar-refractivity contribution in [1.82, 2.24) is 0 Å². The number of rotatable bonds is 3. The maximum absolute atomic E-state index is 12.6. The molecule has 0 radical (unpaired) electrons. The van der Waals surface area contributed by atoms with Gasteiger partial charge in [0.05, 0.1) is 20.1 Å². The molecule has 0 aliphatic carbocycles. The van der Waals surface area contributed by atoms with Crippen LogP contribution in [0.1, 0.15) is 6.42 Å². The Hall–Kier alpha value is -0.640. The van der Waals surface area contributed by atoms with Gasteiger partial charge in [0.25, 0.3) is 0 Å². The monoisotopic (exact) mass is 148 g/mol. The lowest BCUT2D eigenvalue weighted by Crippen LogP contribution is -2.15. The molecule has 10 heavy (non-hydrogen) atoms. The van der Waals surface area contributed by atoms with Crippen LogP contribution in [-0.4, -0.2) is 32.0 Å². The molecule has 1 heterocycles. The number of alkyl halides is 1. The zero-order valence-corrected chi connectivity index (χ0v) is 5.67. The molecule has 0 aromatic heterocycles. The van der Waals surface area contributed by atoms with Gasteiger partial charge in [0.15, 0.2) is 0 Å². The van der Waals surface area contributed by atoms with Gasteiger partial charge in [-0.05, 0) is 0 Å². The van der Waals surface area contributed by atoms with Crippen LogP contribution in [0.2, 0.25) is 0 Å². The van der Waals surface area contributed by atoms with E-state index in [0.29, 0.717) is 6.61 Å². The first kappa shape index (κ1) is 7.47. The van der Waals surface area contributed by atoms with Gasteiger partial charge in [-0.1, -0.05) is 0 Å². The zero-order chi connectivity index (χ0) is 7.56. The topological polar surface area (TPSA) is 38.8 Å². The van der Waals surface area contributed by atoms with Gasteiger partial charge in [-0.2, -0.15) is 0 Å². The normalized spacial score (nSPS) is 25.6. The first-order chi connectivity index (χ1) is 4.74. The van der Waals surface area contributed by atoms with Crippen molar-refractivity contribution in [2.45, 2.75) is 18.7 Å². The summed E-state index contributed by atoms with van der Waals surface area (Å²) in [6.07, 6.45) is -1.74. The summed E-state index contributed by atoms with van der Waals surface area (Å²) in [7, 11) is 1.24. The molecule has 0 aromatic carbocycles. The third-order valence-electron chi connectivity index (χ3n) is 1.35. The average molecular weight is 148 g/mol. The molecule has 0 spiro atoms. The third kappa shape index (κ3) is 1.95. The molecule has 3 nitrogen and oxygen atoms in total. The van der Waals surface area contributed by atoms with Crippen LogP contribution in [0.5, 0.6) is 0 Å². The third-order valence-corrected chi connectivity index (χ3v) is 1.35. The van der Waals surface area contributed by atoms with E-state index in [0.717, 1.165) is 0 Å². The van der Waals surface area contributed by atoms with Crippen LogP contribution < -0.4 is 0 Å². The number of halogens is 1. The summed E-state index contributed by atoms with van der Waals surface area (Å²) in [6.45, 7) is 0.429. The Kier molecular flexibility index (Phi) is 2.21. The van der Waals surface area contributed by atoms with E-state index in [1.165, 1.54) is 7.11 Å². The summed E-state index contributed by atoms with van der Waals surface area (Å²) in [5.41, 5.74) is 0. The van der Waals surface area contributed by atoms with E-state index in [4.69, 9.17) is 0 Å². The fraction of sp³-hybridized carbons (Fsp3) is 0.833. The zero-order valence-electron chi connectivity index (χ0n) is 5.67. The van der Waals surface area contributed by atoms with Gasteiger partial charge in [0.1, 0.15) is 12.3 Å². The Balaban J connectivity index is 2.16. The summed E-state index contributed by atoms with van der Waals surface area (Å²) in [4.78, 5) is 10.4. The van der Waals surface area contributed by atoms with Crippen LogP contribution in [0.3, 0.4) is 0 Å². The van der Waals surface area contributed by atoms with Crippen LogP contribution in [0, 0.1) is 0 Å². The molecule has 1 saturated heterocycles. The van der Waals surface area contributed by atoms with E-state index in [9.17, 15) is 9.18 Å². The van der Waals surface area contributed by atoms with E-state index in [1.807, 2.05) is 0 Å². The van der Waals surface area contributed by atoms with Crippen molar-refractivity contribution < 1.29 is 18.7 Å². The van der Waals surface area contributed by atoms with Gasteiger partial charge in [-0.3, -0.25) is 4.79 Å². The second kappa shape index (κ2) is 2.96. The van der Waals surface area contributed by atoms with Crippen LogP contribution in [0.25, 0.3) is 0 Å². The Bertz CT molecular complexity index is 133. The number of epoxide rings is 1. The van der Waals surface area contributed by atoms with E-state index in [2.05, 4.69) is 9.47 Å².